The minimum absolute atomic E-state index is 0. The molecule has 0 bridgehead atoms. The summed E-state index contributed by atoms with van der Waals surface area (Å²) in [6, 6.07) is 3.89. The standard InChI is InChI=1S/C20H30N4O3S.HI/c1-7-21-20(23-12-17-24-13(2)14(3)28-17)22-11-10-15-8-9-16(25-4)19(27-6)18(15)26-5;/h8-9H,7,10-12H2,1-6H3,(H2,21,22,23);1H. The number of nitrogens with zero attached hydrogens (tertiary/aromatic N) is 2. The van der Waals surface area contributed by atoms with E-state index in [2.05, 4.69) is 27.5 Å². The molecule has 0 aliphatic rings. The molecular formula is C20H31IN4O3S. The van der Waals surface area contributed by atoms with Crippen LogP contribution in [0.15, 0.2) is 17.1 Å². The van der Waals surface area contributed by atoms with E-state index in [-0.39, 0.29) is 24.0 Å². The summed E-state index contributed by atoms with van der Waals surface area (Å²) in [5.41, 5.74) is 2.11. The monoisotopic (exact) mass is 534 g/mol. The fourth-order valence-electron chi connectivity index (χ4n) is 2.77. The van der Waals surface area contributed by atoms with Crippen LogP contribution in [-0.2, 0) is 13.0 Å². The number of rotatable bonds is 9. The van der Waals surface area contributed by atoms with Gasteiger partial charge in [-0.25, -0.2) is 9.98 Å². The van der Waals surface area contributed by atoms with Gasteiger partial charge in [0.15, 0.2) is 17.5 Å². The molecule has 2 rings (SSSR count). The first-order valence-electron chi connectivity index (χ1n) is 9.26. The molecule has 0 amide bonds. The van der Waals surface area contributed by atoms with Crippen molar-refractivity contribution in [1.29, 1.82) is 0 Å². The van der Waals surface area contributed by atoms with Gasteiger partial charge in [-0.05, 0) is 33.3 Å². The zero-order chi connectivity index (χ0) is 20.5. The van der Waals surface area contributed by atoms with Crippen molar-refractivity contribution in [1.82, 2.24) is 15.6 Å². The smallest absolute Gasteiger partial charge is 0.203 e. The molecule has 9 heteroatoms. The molecule has 1 aromatic carbocycles. The molecule has 162 valence electrons. The molecule has 0 radical (unpaired) electrons. The molecule has 29 heavy (non-hydrogen) atoms. The van der Waals surface area contributed by atoms with E-state index in [9.17, 15) is 0 Å². The van der Waals surface area contributed by atoms with E-state index in [1.807, 2.05) is 26.0 Å². The number of halogens is 1. The fraction of sp³-hybridized carbons (Fsp3) is 0.500. The van der Waals surface area contributed by atoms with Crippen molar-refractivity contribution in [3.63, 3.8) is 0 Å². The molecular weight excluding hydrogens is 503 g/mol. The Hall–Kier alpha value is -1.75. The maximum absolute atomic E-state index is 5.55. The first-order chi connectivity index (χ1) is 13.5. The van der Waals surface area contributed by atoms with Gasteiger partial charge in [-0.3, -0.25) is 0 Å². The molecule has 0 aliphatic heterocycles. The van der Waals surface area contributed by atoms with E-state index in [1.165, 1.54) is 4.88 Å². The summed E-state index contributed by atoms with van der Waals surface area (Å²) in [4.78, 5) is 10.4. The zero-order valence-electron chi connectivity index (χ0n) is 17.9. The van der Waals surface area contributed by atoms with E-state index in [0.717, 1.165) is 35.2 Å². The molecule has 0 fully saturated rings. The second-order valence-corrected chi connectivity index (χ2v) is 7.40. The Morgan fingerprint density at radius 2 is 1.79 bits per heavy atom. The van der Waals surface area contributed by atoms with Gasteiger partial charge in [0, 0.05) is 23.5 Å². The van der Waals surface area contributed by atoms with Gasteiger partial charge in [-0.2, -0.15) is 0 Å². The number of hydrogen-bond donors (Lipinski definition) is 2. The van der Waals surface area contributed by atoms with Crippen LogP contribution in [0.2, 0.25) is 0 Å². The molecule has 0 unspecified atom stereocenters. The second kappa shape index (κ2) is 12.7. The van der Waals surface area contributed by atoms with Crippen molar-refractivity contribution in [3.8, 4) is 17.2 Å². The SMILES string of the molecule is CCNC(=NCc1nc(C)c(C)s1)NCCc1ccc(OC)c(OC)c1OC.I. The van der Waals surface area contributed by atoms with Crippen LogP contribution in [0, 0.1) is 13.8 Å². The topological polar surface area (TPSA) is 77.0 Å². The predicted octanol–water partition coefficient (Wildman–Crippen LogP) is 3.70. The number of methoxy groups -OCH3 is 3. The first-order valence-corrected chi connectivity index (χ1v) is 10.1. The summed E-state index contributed by atoms with van der Waals surface area (Å²) in [7, 11) is 4.86. The van der Waals surface area contributed by atoms with Crippen molar-refractivity contribution in [3.05, 3.63) is 33.3 Å². The van der Waals surface area contributed by atoms with Crippen molar-refractivity contribution in [2.75, 3.05) is 34.4 Å². The molecule has 2 N–H and O–H groups in total. The number of guanidine groups is 1. The van der Waals surface area contributed by atoms with Gasteiger partial charge in [-0.15, -0.1) is 35.3 Å². The van der Waals surface area contributed by atoms with Crippen LogP contribution in [0.4, 0.5) is 0 Å². The number of thiazole rings is 1. The van der Waals surface area contributed by atoms with E-state index >= 15 is 0 Å². The number of aliphatic imine (C=N–C) groups is 1. The first kappa shape index (κ1) is 25.3. The Morgan fingerprint density at radius 1 is 1.07 bits per heavy atom. The Kier molecular flexibility index (Phi) is 11.1. The Labute approximate surface area is 194 Å². The van der Waals surface area contributed by atoms with E-state index < -0.39 is 0 Å². The highest BCUT2D eigenvalue weighted by atomic mass is 127. The van der Waals surface area contributed by atoms with E-state index in [4.69, 9.17) is 14.2 Å². The van der Waals surface area contributed by atoms with Gasteiger partial charge < -0.3 is 24.8 Å². The lowest BCUT2D eigenvalue weighted by Gasteiger charge is -2.16. The summed E-state index contributed by atoms with van der Waals surface area (Å²) in [6.07, 6.45) is 0.753. The highest BCUT2D eigenvalue weighted by Gasteiger charge is 2.15. The van der Waals surface area contributed by atoms with Crippen LogP contribution in [-0.4, -0.2) is 45.4 Å². The van der Waals surface area contributed by atoms with Crippen LogP contribution in [0.3, 0.4) is 0 Å². The van der Waals surface area contributed by atoms with Crippen molar-refractivity contribution >= 4 is 41.3 Å². The van der Waals surface area contributed by atoms with Gasteiger partial charge in [0.25, 0.3) is 0 Å². The molecule has 0 atom stereocenters. The lowest BCUT2D eigenvalue weighted by Crippen LogP contribution is -2.38. The van der Waals surface area contributed by atoms with Crippen LogP contribution >= 0.6 is 35.3 Å². The molecule has 0 saturated heterocycles. The normalized spacial score (nSPS) is 10.9. The molecule has 0 saturated carbocycles. The van der Waals surface area contributed by atoms with Crippen molar-refractivity contribution in [2.24, 2.45) is 4.99 Å². The highest BCUT2D eigenvalue weighted by molar-refractivity contribution is 14.0. The van der Waals surface area contributed by atoms with E-state index in [1.54, 1.807) is 32.7 Å². The highest BCUT2D eigenvalue weighted by Crippen LogP contribution is 2.39. The van der Waals surface area contributed by atoms with Crippen LogP contribution in [0.5, 0.6) is 17.2 Å². The lowest BCUT2D eigenvalue weighted by atomic mass is 10.1. The number of benzene rings is 1. The van der Waals surface area contributed by atoms with Crippen LogP contribution in [0.25, 0.3) is 0 Å². The predicted molar refractivity (Wildman–Crippen MR) is 130 cm³/mol. The number of ether oxygens (including phenoxy) is 3. The minimum atomic E-state index is 0. The van der Waals surface area contributed by atoms with Crippen LogP contribution in [0.1, 0.15) is 28.1 Å². The molecule has 2 aromatic rings. The number of hydrogen-bond acceptors (Lipinski definition) is 6. The second-order valence-electron chi connectivity index (χ2n) is 6.11. The lowest BCUT2D eigenvalue weighted by molar-refractivity contribution is 0.322. The summed E-state index contributed by atoms with van der Waals surface area (Å²) in [5.74, 6) is 2.73. The van der Waals surface area contributed by atoms with Crippen molar-refractivity contribution < 1.29 is 14.2 Å². The van der Waals surface area contributed by atoms with Gasteiger partial charge in [0.1, 0.15) is 5.01 Å². The largest absolute Gasteiger partial charge is 0.493 e. The molecule has 7 nitrogen and oxygen atoms in total. The third-order valence-electron chi connectivity index (χ3n) is 4.26. The molecule has 0 aliphatic carbocycles. The molecule has 1 aromatic heterocycles. The summed E-state index contributed by atoms with van der Waals surface area (Å²) in [6.45, 7) is 8.22. The van der Waals surface area contributed by atoms with Crippen LogP contribution < -0.4 is 24.8 Å². The van der Waals surface area contributed by atoms with Crippen molar-refractivity contribution in [2.45, 2.75) is 33.7 Å². The Bertz CT molecular complexity index is 792. The Balaban J connectivity index is 0.00000420. The maximum atomic E-state index is 5.55. The summed E-state index contributed by atoms with van der Waals surface area (Å²) >= 11 is 1.69. The quantitative estimate of drug-likeness (QED) is 0.290. The number of nitrogens with one attached hydrogen (secondary N) is 2. The minimum Gasteiger partial charge on any atom is -0.493 e. The zero-order valence-corrected chi connectivity index (χ0v) is 21.1. The van der Waals surface area contributed by atoms with E-state index in [0.29, 0.717) is 30.3 Å². The third-order valence-corrected chi connectivity index (χ3v) is 5.32. The van der Waals surface area contributed by atoms with Gasteiger partial charge in [0.2, 0.25) is 5.75 Å². The maximum Gasteiger partial charge on any atom is 0.203 e. The third kappa shape index (κ3) is 6.91. The average molecular weight is 534 g/mol. The number of aromatic nitrogens is 1. The van der Waals surface area contributed by atoms with Gasteiger partial charge in [0.05, 0.1) is 33.6 Å². The number of aryl methyl sites for hydroxylation is 2. The van der Waals surface area contributed by atoms with Gasteiger partial charge in [-0.1, -0.05) is 6.07 Å². The Morgan fingerprint density at radius 3 is 2.34 bits per heavy atom. The summed E-state index contributed by atoms with van der Waals surface area (Å²) in [5, 5.41) is 7.66. The average Bonchev–Trinajstić information content (AvgIpc) is 3.02. The summed E-state index contributed by atoms with van der Waals surface area (Å²) < 4.78 is 16.3. The molecule has 1 heterocycles. The van der Waals surface area contributed by atoms with Gasteiger partial charge >= 0.3 is 0 Å². The molecule has 0 spiro atoms. The fourth-order valence-corrected chi connectivity index (χ4v) is 3.63.